The highest BCUT2D eigenvalue weighted by Crippen LogP contribution is 2.65. The molecule has 1 aromatic carbocycles. The van der Waals surface area contributed by atoms with E-state index in [9.17, 15) is 28.2 Å². The predicted molar refractivity (Wildman–Crippen MR) is 191 cm³/mol. The molecule has 0 bridgehead atoms. The molecule has 3 aliphatic rings. The second-order valence-electron chi connectivity index (χ2n) is 17.0. The third-order valence-electron chi connectivity index (χ3n) is 10.9. The van der Waals surface area contributed by atoms with Gasteiger partial charge >= 0.3 is 6.03 Å². The lowest BCUT2D eigenvalue weighted by Crippen LogP contribution is -2.62. The highest BCUT2D eigenvalue weighted by atomic mass is 32.3. The molecule has 1 unspecified atom stereocenters. The molecule has 1 aliphatic carbocycles. The monoisotopic (exact) mass is 702 g/mol. The third kappa shape index (κ3) is 7.87. The van der Waals surface area contributed by atoms with Gasteiger partial charge in [0.1, 0.15) is 12.1 Å². The van der Waals surface area contributed by atoms with Crippen molar-refractivity contribution in [3.05, 3.63) is 29.8 Å². The van der Waals surface area contributed by atoms with Crippen LogP contribution in [-0.2, 0) is 35.8 Å². The minimum Gasteiger partial charge on any atom is -0.363 e. The number of Topliss-reactive ketones (excluding diaryl/α,β-unsaturated/α-hetero) is 1. The van der Waals surface area contributed by atoms with E-state index in [0.29, 0.717) is 26.1 Å². The highest BCUT2D eigenvalue weighted by Gasteiger charge is 2.70. The summed E-state index contributed by atoms with van der Waals surface area (Å²) in [6.07, 6.45) is 3.39. The average Bonchev–Trinajstić information content (AvgIpc) is 3.26. The number of hydrogen-bond acceptors (Lipinski definition) is 6. The van der Waals surface area contributed by atoms with E-state index in [2.05, 4.69) is 29.8 Å². The van der Waals surface area contributed by atoms with Gasteiger partial charge in [-0.1, -0.05) is 93.4 Å². The number of ketones is 1. The van der Waals surface area contributed by atoms with Crippen molar-refractivity contribution in [3.8, 4) is 0 Å². The number of hydrogen-bond donors (Lipinski definition) is 5. The van der Waals surface area contributed by atoms with Crippen molar-refractivity contribution in [2.75, 3.05) is 19.3 Å². The fraction of sp³-hybridized carbons (Fsp3) is 0.694. The largest absolute Gasteiger partial charge is 0.363 e. The number of unbranched alkanes of at least 4 members (excludes halogenated alkanes) is 1. The second-order valence-corrected chi connectivity index (χ2v) is 19.8. The van der Waals surface area contributed by atoms with Gasteiger partial charge in [0.25, 0.3) is 5.91 Å². The third-order valence-corrected chi connectivity index (χ3v) is 13.7. The van der Waals surface area contributed by atoms with E-state index in [1.165, 1.54) is 4.90 Å². The number of fused-ring (bicyclic) bond motifs is 2. The van der Waals surface area contributed by atoms with Crippen LogP contribution in [0.4, 0.5) is 4.79 Å². The zero-order valence-corrected chi connectivity index (χ0v) is 31.8. The van der Waals surface area contributed by atoms with Crippen molar-refractivity contribution in [2.24, 2.45) is 33.8 Å². The molecule has 49 heavy (non-hydrogen) atoms. The van der Waals surface area contributed by atoms with Crippen molar-refractivity contribution < 1.29 is 28.2 Å². The molecular formula is C36H58N6O6S. The number of carbonyl (C=O) groups is 5. The fourth-order valence-electron chi connectivity index (χ4n) is 7.56. The topological polar surface area (TPSA) is 171 Å². The van der Waals surface area contributed by atoms with Crippen LogP contribution < -0.4 is 21.7 Å². The van der Waals surface area contributed by atoms with Crippen LogP contribution in [0.15, 0.2) is 29.2 Å². The molecule has 1 saturated carbocycles. The summed E-state index contributed by atoms with van der Waals surface area (Å²) in [6, 6.07) is 3.84. The maximum Gasteiger partial charge on any atom is 0.315 e. The minimum absolute atomic E-state index is 0.0715. The first-order chi connectivity index (χ1) is 22.5. The van der Waals surface area contributed by atoms with Crippen LogP contribution in [0, 0.1) is 28.1 Å². The first-order valence-electron chi connectivity index (χ1n) is 17.5. The summed E-state index contributed by atoms with van der Waals surface area (Å²) in [7, 11) is -2.84. The number of primary amides is 1. The number of urea groups is 1. The van der Waals surface area contributed by atoms with Crippen molar-refractivity contribution >= 4 is 39.7 Å². The van der Waals surface area contributed by atoms with E-state index in [1.54, 1.807) is 6.26 Å². The Kier molecular flexibility index (Phi) is 10.8. The number of benzene rings is 1. The van der Waals surface area contributed by atoms with Gasteiger partial charge in [0, 0.05) is 36.8 Å². The summed E-state index contributed by atoms with van der Waals surface area (Å²) in [5.41, 5.74) is 4.99. The second kappa shape index (κ2) is 13.8. The van der Waals surface area contributed by atoms with Gasteiger partial charge in [-0.05, 0) is 56.3 Å². The zero-order chi connectivity index (χ0) is 36.9. The summed E-state index contributed by atoms with van der Waals surface area (Å²) in [5.74, 6) is -2.93. The maximum atomic E-state index is 14.4. The lowest BCUT2D eigenvalue weighted by molar-refractivity contribution is -0.145. The van der Waals surface area contributed by atoms with Gasteiger partial charge in [-0.2, -0.15) is 0 Å². The Morgan fingerprint density at radius 1 is 1.00 bits per heavy atom. The first kappa shape index (κ1) is 38.5. The minimum atomic E-state index is -2.84. The molecule has 0 radical (unpaired) electrons. The number of amides is 5. The van der Waals surface area contributed by atoms with E-state index >= 15 is 0 Å². The molecule has 0 spiro atoms. The SMILES string of the molecule is CCCCC(NC(=O)[C@@H]1[C@@H]2[C@H](CN1C(=O)[C@@H](NC(=O)N[C@H](CN1Cc3ccccc3[SH]1(C)=O)C(C)(C)C)C(C)(C)C)C2(C)C)C(=O)C(N)=O. The number of thiol groups is 1. The van der Waals surface area contributed by atoms with Gasteiger partial charge in [-0.15, -0.1) is 0 Å². The van der Waals surface area contributed by atoms with Crippen LogP contribution in [-0.4, -0.2) is 86.5 Å². The summed E-state index contributed by atoms with van der Waals surface area (Å²) in [5, 5.41) is 8.77. The average molecular weight is 703 g/mol. The number of nitrogens with two attached hydrogens (primary N) is 1. The van der Waals surface area contributed by atoms with Crippen LogP contribution in [0.5, 0.6) is 0 Å². The highest BCUT2D eigenvalue weighted by molar-refractivity contribution is 8.00. The van der Waals surface area contributed by atoms with Crippen LogP contribution in [0.3, 0.4) is 0 Å². The van der Waals surface area contributed by atoms with Gasteiger partial charge in [-0.3, -0.25) is 23.4 Å². The number of piperidine rings is 1. The molecule has 13 heteroatoms. The summed E-state index contributed by atoms with van der Waals surface area (Å²) >= 11 is 0. The Morgan fingerprint density at radius 2 is 1.63 bits per heavy atom. The summed E-state index contributed by atoms with van der Waals surface area (Å²) in [6.45, 7) is 18.8. The molecule has 1 saturated heterocycles. The van der Waals surface area contributed by atoms with E-state index in [-0.39, 0.29) is 23.7 Å². The molecule has 4 rings (SSSR count). The molecule has 2 fully saturated rings. The molecular weight excluding hydrogens is 644 g/mol. The van der Waals surface area contributed by atoms with Crippen molar-refractivity contribution in [1.29, 1.82) is 0 Å². The Hall–Kier alpha value is -3.32. The summed E-state index contributed by atoms with van der Waals surface area (Å²) in [4.78, 5) is 68.8. The molecule has 2 heterocycles. The molecule has 2 aliphatic heterocycles. The Labute approximate surface area is 292 Å². The zero-order valence-electron chi connectivity index (χ0n) is 30.9. The summed E-state index contributed by atoms with van der Waals surface area (Å²) < 4.78 is 15.8. The molecule has 1 aromatic rings. The lowest BCUT2D eigenvalue weighted by Gasteiger charge is -2.40. The number of rotatable bonds is 12. The van der Waals surface area contributed by atoms with Gasteiger partial charge < -0.3 is 26.6 Å². The molecule has 6 atom stereocenters. The molecule has 5 N–H and O–H groups in total. The van der Waals surface area contributed by atoms with Crippen molar-refractivity contribution in [2.45, 2.75) is 117 Å². The molecule has 274 valence electrons. The fourth-order valence-corrected chi connectivity index (χ4v) is 9.81. The van der Waals surface area contributed by atoms with Crippen molar-refractivity contribution in [3.63, 3.8) is 0 Å². The number of likely N-dealkylation sites (tertiary alicyclic amines) is 1. The lowest BCUT2D eigenvalue weighted by atomic mass is 9.85. The first-order valence-corrected chi connectivity index (χ1v) is 19.6. The Bertz CT molecular complexity index is 1530. The van der Waals surface area contributed by atoms with E-state index in [4.69, 9.17) is 5.73 Å². The van der Waals surface area contributed by atoms with Crippen LogP contribution in [0.2, 0.25) is 0 Å². The quantitative estimate of drug-likeness (QED) is 0.166. The Balaban J connectivity index is 1.53. The molecule has 5 amide bonds. The van der Waals surface area contributed by atoms with Crippen LogP contribution >= 0.6 is 0 Å². The van der Waals surface area contributed by atoms with E-state index in [0.717, 1.165) is 16.9 Å². The van der Waals surface area contributed by atoms with Gasteiger partial charge in [0.2, 0.25) is 17.6 Å². The number of nitrogens with one attached hydrogen (secondary N) is 3. The smallest absolute Gasteiger partial charge is 0.315 e. The standard InChI is InChI=1S/C36H58N6O6S/c1-11-12-16-23(28(43)30(37)44)38-31(45)27-26-22(36(26,8)9)19-42(27)32(46)29(35(5,6)7)40-33(47)39-25(34(2,3)4)20-41-18-21-15-13-14-17-24(21)49(41,10)48/h13-15,17,22-23,25-27,29,49H,11-12,16,18-20H2,1-10H3,(H2,37,44)(H,38,45)(H2,39,40,47)/t22-,23?,25+,26-,27-,29+/m0/s1. The van der Waals surface area contributed by atoms with Gasteiger partial charge in [-0.25, -0.2) is 9.10 Å². The van der Waals surface area contributed by atoms with Gasteiger partial charge in [0.05, 0.1) is 6.04 Å². The maximum absolute atomic E-state index is 14.4. The molecule has 12 nitrogen and oxygen atoms in total. The molecule has 0 aromatic heterocycles. The van der Waals surface area contributed by atoms with Crippen molar-refractivity contribution in [1.82, 2.24) is 25.2 Å². The normalized spacial score (nSPS) is 24.9. The number of carbonyl (C=O) groups excluding carboxylic acids is 5. The number of nitrogens with zero attached hydrogens (tertiary/aromatic N) is 2. The predicted octanol–water partition coefficient (Wildman–Crippen LogP) is 2.76. The van der Waals surface area contributed by atoms with Crippen LogP contribution in [0.25, 0.3) is 0 Å². The van der Waals surface area contributed by atoms with E-state index < -0.39 is 74.7 Å². The van der Waals surface area contributed by atoms with Gasteiger partial charge in [0.15, 0.2) is 0 Å². The van der Waals surface area contributed by atoms with E-state index in [1.807, 2.05) is 77.0 Å². The Morgan fingerprint density at radius 3 is 2.18 bits per heavy atom. The van der Waals surface area contributed by atoms with Crippen LogP contribution in [0.1, 0.15) is 87.1 Å².